The number of carbonyl (C=O) groups is 2. The third kappa shape index (κ3) is 5.52. The van der Waals surface area contributed by atoms with Crippen molar-refractivity contribution >= 4 is 75.5 Å². The van der Waals surface area contributed by atoms with Crippen LogP contribution < -0.4 is 15.4 Å². The Morgan fingerprint density at radius 2 is 2.00 bits per heavy atom. The average Bonchev–Trinajstić information content (AvgIpc) is 3.37. The van der Waals surface area contributed by atoms with Gasteiger partial charge in [-0.2, -0.15) is 0 Å². The molecule has 0 radical (unpaired) electrons. The van der Waals surface area contributed by atoms with Crippen LogP contribution in [0.25, 0.3) is 0 Å². The molecule has 13 heteroatoms. The molecule has 4 rings (SSSR count). The van der Waals surface area contributed by atoms with Crippen LogP contribution >= 0.6 is 46.1 Å². The lowest BCUT2D eigenvalue weighted by atomic mass is 10.1. The number of rotatable bonds is 7. The number of nitrogens with zero attached hydrogens (tertiary/aromatic N) is 2. The molecule has 2 aromatic heterocycles. The van der Waals surface area contributed by atoms with Gasteiger partial charge in [-0.25, -0.2) is 4.98 Å². The van der Waals surface area contributed by atoms with Crippen LogP contribution in [0.2, 0.25) is 15.1 Å². The highest BCUT2D eigenvalue weighted by atomic mass is 35.5. The molecule has 0 saturated carbocycles. The van der Waals surface area contributed by atoms with Gasteiger partial charge in [-0.1, -0.05) is 34.8 Å². The summed E-state index contributed by atoms with van der Waals surface area (Å²) in [5.74, 6) is -0.650. The molecule has 36 heavy (non-hydrogen) atoms. The number of hydrogen-bond donors (Lipinski definition) is 3. The van der Waals surface area contributed by atoms with Crippen LogP contribution in [0.15, 0.2) is 35.8 Å². The van der Waals surface area contributed by atoms with Crippen molar-refractivity contribution < 1.29 is 19.1 Å². The Kier molecular flexibility index (Phi) is 7.89. The van der Waals surface area contributed by atoms with Crippen LogP contribution in [0, 0.1) is 5.41 Å². The molecule has 188 valence electrons. The Morgan fingerprint density at radius 3 is 2.64 bits per heavy atom. The largest absolute Gasteiger partial charge is 0.494 e. The molecule has 1 unspecified atom stereocenters. The fraction of sp³-hybridized carbons (Fsp3) is 0.217. The van der Waals surface area contributed by atoms with Gasteiger partial charge in [0.1, 0.15) is 23.1 Å². The Bertz CT molecular complexity index is 1330. The number of methoxy groups -OCH3 is 1. The predicted molar refractivity (Wildman–Crippen MR) is 141 cm³/mol. The van der Waals surface area contributed by atoms with E-state index >= 15 is 0 Å². The Labute approximate surface area is 225 Å². The molecular formula is C23H20Cl3N5O4S. The number of hydrogen-bond acceptors (Lipinski definition) is 7. The summed E-state index contributed by atoms with van der Waals surface area (Å²) in [5, 5.41) is 16.0. The molecule has 1 fully saturated rings. The van der Waals surface area contributed by atoms with Gasteiger partial charge in [0.05, 0.1) is 41.0 Å². The highest BCUT2D eigenvalue weighted by Crippen LogP contribution is 2.36. The molecule has 3 N–H and O–H groups in total. The Balaban J connectivity index is 1.60. The fourth-order valence-electron chi connectivity index (χ4n) is 3.48. The van der Waals surface area contributed by atoms with E-state index in [9.17, 15) is 9.59 Å². The summed E-state index contributed by atoms with van der Waals surface area (Å²) in [6, 6.07) is 6.09. The molecule has 9 nitrogen and oxygen atoms in total. The summed E-state index contributed by atoms with van der Waals surface area (Å²) in [6.45, 7) is 2.68. The van der Waals surface area contributed by atoms with Gasteiger partial charge in [0.25, 0.3) is 17.8 Å². The van der Waals surface area contributed by atoms with Gasteiger partial charge in [0.15, 0.2) is 0 Å². The second-order valence-corrected chi connectivity index (χ2v) is 9.93. The molecule has 2 amide bonds. The monoisotopic (exact) mass is 567 g/mol. The zero-order chi connectivity index (χ0) is 26.0. The lowest BCUT2D eigenvalue weighted by Gasteiger charge is -2.19. The SMILES string of the molecule is COc1cc(Cl)cc(C(=O)Nc2ccc(Cl)cn2)c1NC(=O)c1scc(CN2C(=N)OCC2C)c1Cl. The van der Waals surface area contributed by atoms with Gasteiger partial charge >= 0.3 is 0 Å². The number of pyridine rings is 1. The first-order valence-corrected chi connectivity index (χ1v) is 12.5. The lowest BCUT2D eigenvalue weighted by molar-refractivity contribution is 0.102. The van der Waals surface area contributed by atoms with Crippen molar-refractivity contribution in [3.63, 3.8) is 0 Å². The maximum atomic E-state index is 13.2. The summed E-state index contributed by atoms with van der Waals surface area (Å²) in [7, 11) is 1.40. The second-order valence-electron chi connectivity index (χ2n) is 7.80. The van der Waals surface area contributed by atoms with Crippen molar-refractivity contribution in [2.24, 2.45) is 0 Å². The van der Waals surface area contributed by atoms with Crippen LogP contribution in [0.1, 0.15) is 32.5 Å². The normalized spacial score (nSPS) is 15.0. The molecule has 1 aliphatic heterocycles. The fourth-order valence-corrected chi connectivity index (χ4v) is 5.04. The van der Waals surface area contributed by atoms with Crippen molar-refractivity contribution in [2.45, 2.75) is 19.5 Å². The topological polar surface area (TPSA) is 117 Å². The molecule has 3 heterocycles. The summed E-state index contributed by atoms with van der Waals surface area (Å²) in [4.78, 5) is 32.4. The number of halogens is 3. The highest BCUT2D eigenvalue weighted by Gasteiger charge is 2.29. The number of carbonyl (C=O) groups excluding carboxylic acids is 2. The highest BCUT2D eigenvalue weighted by molar-refractivity contribution is 7.13. The molecule has 1 aromatic carbocycles. The minimum absolute atomic E-state index is 0.0141. The van der Waals surface area contributed by atoms with Crippen molar-refractivity contribution in [3.8, 4) is 5.75 Å². The number of thiophene rings is 1. The van der Waals surface area contributed by atoms with Crippen LogP contribution in [-0.4, -0.2) is 47.5 Å². The molecule has 3 aromatic rings. The molecule has 0 bridgehead atoms. The van der Waals surface area contributed by atoms with E-state index in [1.54, 1.807) is 22.4 Å². The molecule has 1 saturated heterocycles. The van der Waals surface area contributed by atoms with E-state index < -0.39 is 11.8 Å². The van der Waals surface area contributed by atoms with Gasteiger partial charge in [0, 0.05) is 22.8 Å². The first-order chi connectivity index (χ1) is 17.2. The Morgan fingerprint density at radius 1 is 1.22 bits per heavy atom. The van der Waals surface area contributed by atoms with Gasteiger partial charge in [-0.15, -0.1) is 11.3 Å². The van der Waals surface area contributed by atoms with E-state index in [-0.39, 0.29) is 49.8 Å². The van der Waals surface area contributed by atoms with E-state index in [4.69, 9.17) is 49.7 Å². The smallest absolute Gasteiger partial charge is 0.285 e. The minimum atomic E-state index is -0.569. The van der Waals surface area contributed by atoms with E-state index in [1.165, 1.54) is 25.4 Å². The quantitative estimate of drug-likeness (QED) is 0.333. The summed E-state index contributed by atoms with van der Waals surface area (Å²) >= 11 is 19.7. The lowest BCUT2D eigenvalue weighted by Crippen LogP contribution is -2.30. The summed E-state index contributed by atoms with van der Waals surface area (Å²) in [6.07, 6.45) is 1.39. The summed E-state index contributed by atoms with van der Waals surface area (Å²) in [5.41, 5.74) is 0.866. The van der Waals surface area contributed by atoms with Crippen LogP contribution in [-0.2, 0) is 11.3 Å². The first-order valence-electron chi connectivity index (χ1n) is 10.5. The van der Waals surface area contributed by atoms with Crippen molar-refractivity contribution in [3.05, 3.63) is 66.9 Å². The van der Waals surface area contributed by atoms with Crippen LogP contribution in [0.5, 0.6) is 5.75 Å². The van der Waals surface area contributed by atoms with Crippen LogP contribution in [0.3, 0.4) is 0 Å². The maximum Gasteiger partial charge on any atom is 0.285 e. The molecule has 0 spiro atoms. The number of aromatic nitrogens is 1. The molecular weight excluding hydrogens is 549 g/mol. The first kappa shape index (κ1) is 26.0. The van der Waals surface area contributed by atoms with E-state index in [0.717, 1.165) is 11.3 Å². The number of nitrogens with one attached hydrogen (secondary N) is 3. The second kappa shape index (κ2) is 10.9. The standard InChI is InChI=1S/C23H20Cl3N5O4S/c1-11-9-35-23(27)31(11)8-12-10-36-20(18(12)26)22(33)30-19-15(5-14(25)6-16(19)34-2)21(32)29-17-4-3-13(24)7-28-17/h3-7,10-11,27H,8-9H2,1-2H3,(H,30,33)(H,28,29,32). The number of benzene rings is 1. The predicted octanol–water partition coefficient (Wildman–Crippen LogP) is 5.77. The van der Waals surface area contributed by atoms with Gasteiger partial charge in [-0.3, -0.25) is 15.0 Å². The number of amides is 2. The van der Waals surface area contributed by atoms with E-state index in [2.05, 4.69) is 15.6 Å². The third-order valence-electron chi connectivity index (χ3n) is 5.34. The molecule has 1 aliphatic rings. The number of ether oxygens (including phenoxy) is 2. The van der Waals surface area contributed by atoms with E-state index in [1.807, 2.05) is 6.92 Å². The van der Waals surface area contributed by atoms with Gasteiger partial charge in [0.2, 0.25) is 0 Å². The maximum absolute atomic E-state index is 13.2. The van der Waals surface area contributed by atoms with Gasteiger partial charge in [-0.05, 0) is 30.5 Å². The average molecular weight is 569 g/mol. The van der Waals surface area contributed by atoms with Gasteiger partial charge < -0.3 is 25.0 Å². The Hall–Kier alpha value is -3.05. The number of amidine groups is 1. The molecule has 1 atom stereocenters. The van der Waals surface area contributed by atoms with Crippen LogP contribution in [0.4, 0.5) is 11.5 Å². The third-order valence-corrected chi connectivity index (χ3v) is 7.35. The van der Waals surface area contributed by atoms with Crippen molar-refractivity contribution in [1.82, 2.24) is 9.88 Å². The van der Waals surface area contributed by atoms with E-state index in [0.29, 0.717) is 23.7 Å². The number of anilines is 2. The zero-order valence-electron chi connectivity index (χ0n) is 19.0. The minimum Gasteiger partial charge on any atom is -0.494 e. The molecule has 0 aliphatic carbocycles. The van der Waals surface area contributed by atoms with Crippen molar-refractivity contribution in [2.75, 3.05) is 24.4 Å². The van der Waals surface area contributed by atoms with Crippen molar-refractivity contribution in [1.29, 1.82) is 5.41 Å². The zero-order valence-corrected chi connectivity index (χ0v) is 22.1. The summed E-state index contributed by atoms with van der Waals surface area (Å²) < 4.78 is 10.6.